The van der Waals surface area contributed by atoms with Crippen molar-refractivity contribution in [2.24, 2.45) is 5.92 Å². The molecule has 0 saturated carbocycles. The summed E-state index contributed by atoms with van der Waals surface area (Å²) in [6.45, 7) is 0. The zero-order valence-corrected chi connectivity index (χ0v) is 9.58. The van der Waals surface area contributed by atoms with Crippen LogP contribution in [0.5, 0.6) is 0 Å². The van der Waals surface area contributed by atoms with Crippen molar-refractivity contribution < 1.29 is 0 Å². The minimum absolute atomic E-state index is 0.460. The van der Waals surface area contributed by atoms with Gasteiger partial charge in [0, 0.05) is 5.92 Å². The van der Waals surface area contributed by atoms with E-state index in [4.69, 9.17) is 0 Å². The average molecular weight is 218 g/mol. The number of allylic oxidation sites excluding steroid dienone is 5. The van der Waals surface area contributed by atoms with Crippen LogP contribution >= 0.6 is 0 Å². The van der Waals surface area contributed by atoms with Gasteiger partial charge in [-0.25, -0.2) is 0 Å². The first-order valence-corrected chi connectivity index (χ1v) is 5.94. The van der Waals surface area contributed by atoms with Crippen molar-refractivity contribution in [3.8, 4) is 0 Å². The van der Waals surface area contributed by atoms with Crippen molar-refractivity contribution in [1.29, 1.82) is 0 Å². The highest BCUT2D eigenvalue weighted by molar-refractivity contribution is 5.84. The lowest BCUT2D eigenvalue weighted by molar-refractivity contribution is 1.10. The van der Waals surface area contributed by atoms with Crippen LogP contribution in [0, 0.1) is 5.92 Å². The molecule has 1 aliphatic carbocycles. The lowest BCUT2D eigenvalue weighted by Crippen LogP contribution is -1.81. The Kier molecular flexibility index (Phi) is 2.63. The Morgan fingerprint density at radius 2 is 1.59 bits per heavy atom. The highest BCUT2D eigenvalue weighted by atomic mass is 14.0. The van der Waals surface area contributed by atoms with Gasteiger partial charge in [-0.05, 0) is 22.4 Å². The largest absolute Gasteiger partial charge is 0.0738 e. The normalized spacial score (nSPS) is 15.3. The Bertz CT molecular complexity index is 603. The molecule has 2 aromatic rings. The smallest absolute Gasteiger partial charge is 0.0136 e. The summed E-state index contributed by atoms with van der Waals surface area (Å²) in [7, 11) is 0. The van der Waals surface area contributed by atoms with Gasteiger partial charge in [0.05, 0.1) is 0 Å². The van der Waals surface area contributed by atoms with E-state index in [0.717, 1.165) is 0 Å². The predicted octanol–water partition coefficient (Wildman–Crippen LogP) is 4.60. The maximum Gasteiger partial charge on any atom is 0.0136 e. The summed E-state index contributed by atoms with van der Waals surface area (Å²) in [4.78, 5) is 0. The van der Waals surface area contributed by atoms with Crippen LogP contribution in [0.15, 0.2) is 72.8 Å². The summed E-state index contributed by atoms with van der Waals surface area (Å²) in [6, 6.07) is 15.0. The molecule has 0 aliphatic heterocycles. The molecule has 0 amide bonds. The molecule has 1 aliphatic rings. The van der Waals surface area contributed by atoms with Crippen LogP contribution in [0.3, 0.4) is 0 Å². The number of rotatable bonds is 2. The SMILES string of the molecule is C1=CC(/C=C/c2ccc3ccccc3c2)C=C1. The van der Waals surface area contributed by atoms with E-state index in [1.165, 1.54) is 16.3 Å². The minimum Gasteiger partial charge on any atom is -0.0738 e. The van der Waals surface area contributed by atoms with E-state index in [2.05, 4.69) is 78.9 Å². The molecule has 0 bridgehead atoms. The van der Waals surface area contributed by atoms with E-state index in [9.17, 15) is 0 Å². The zero-order valence-electron chi connectivity index (χ0n) is 9.58. The second kappa shape index (κ2) is 4.42. The van der Waals surface area contributed by atoms with Gasteiger partial charge in [0.1, 0.15) is 0 Å². The Morgan fingerprint density at radius 3 is 2.41 bits per heavy atom. The number of fused-ring (bicyclic) bond motifs is 1. The molecule has 0 atom stereocenters. The van der Waals surface area contributed by atoms with Gasteiger partial charge in [-0.3, -0.25) is 0 Å². The molecule has 0 radical (unpaired) electrons. The molecule has 0 heteroatoms. The molecule has 0 unspecified atom stereocenters. The quantitative estimate of drug-likeness (QED) is 0.691. The number of benzene rings is 2. The molecule has 2 aromatic carbocycles. The van der Waals surface area contributed by atoms with Gasteiger partial charge in [0.25, 0.3) is 0 Å². The van der Waals surface area contributed by atoms with Crippen LogP contribution in [-0.2, 0) is 0 Å². The lowest BCUT2D eigenvalue weighted by atomic mass is 10.0. The Labute approximate surface area is 102 Å². The fourth-order valence-electron chi connectivity index (χ4n) is 2.11. The molecule has 0 N–H and O–H groups in total. The molecule has 17 heavy (non-hydrogen) atoms. The average Bonchev–Trinajstić information content (AvgIpc) is 2.89. The van der Waals surface area contributed by atoms with Crippen LogP contribution in [0.2, 0.25) is 0 Å². The van der Waals surface area contributed by atoms with E-state index in [1.807, 2.05) is 0 Å². The van der Waals surface area contributed by atoms with Crippen LogP contribution in [-0.4, -0.2) is 0 Å². The van der Waals surface area contributed by atoms with E-state index >= 15 is 0 Å². The van der Waals surface area contributed by atoms with Gasteiger partial charge in [-0.15, -0.1) is 0 Å². The third-order valence-corrected chi connectivity index (χ3v) is 3.06. The van der Waals surface area contributed by atoms with Crippen molar-refractivity contribution in [2.75, 3.05) is 0 Å². The van der Waals surface area contributed by atoms with Crippen LogP contribution in [0.25, 0.3) is 16.8 Å². The summed E-state index contributed by atoms with van der Waals surface area (Å²) < 4.78 is 0. The molecule has 0 spiro atoms. The Balaban J connectivity index is 1.90. The number of hydrogen-bond donors (Lipinski definition) is 0. The summed E-state index contributed by atoms with van der Waals surface area (Å²) in [6.07, 6.45) is 13.0. The molecule has 0 aromatic heterocycles. The van der Waals surface area contributed by atoms with Gasteiger partial charge < -0.3 is 0 Å². The molecule has 0 nitrogen and oxygen atoms in total. The third-order valence-electron chi connectivity index (χ3n) is 3.06. The van der Waals surface area contributed by atoms with Crippen molar-refractivity contribution in [1.82, 2.24) is 0 Å². The molecule has 0 saturated heterocycles. The molecule has 3 rings (SSSR count). The van der Waals surface area contributed by atoms with E-state index in [-0.39, 0.29) is 0 Å². The molecule has 82 valence electrons. The summed E-state index contributed by atoms with van der Waals surface area (Å²) in [5.41, 5.74) is 1.26. The summed E-state index contributed by atoms with van der Waals surface area (Å²) in [5, 5.41) is 2.59. The summed E-state index contributed by atoms with van der Waals surface area (Å²) >= 11 is 0. The first-order valence-electron chi connectivity index (χ1n) is 5.94. The monoisotopic (exact) mass is 218 g/mol. The highest BCUT2D eigenvalue weighted by Gasteiger charge is 1.98. The first kappa shape index (κ1) is 10.1. The standard InChI is InChI=1S/C17H14/c1-2-6-14(5-1)9-10-15-11-12-16-7-3-4-8-17(16)13-15/h1-14H/b10-9+. The fourth-order valence-corrected chi connectivity index (χ4v) is 2.11. The lowest BCUT2D eigenvalue weighted by Gasteiger charge is -2.00. The molecular formula is C17H14. The van der Waals surface area contributed by atoms with Crippen LogP contribution in [0.4, 0.5) is 0 Å². The van der Waals surface area contributed by atoms with E-state index < -0.39 is 0 Å². The van der Waals surface area contributed by atoms with Crippen molar-refractivity contribution in [3.05, 3.63) is 78.4 Å². The predicted molar refractivity (Wildman–Crippen MR) is 74.8 cm³/mol. The fraction of sp³-hybridized carbons (Fsp3) is 0.0588. The summed E-state index contributed by atoms with van der Waals surface area (Å²) in [5.74, 6) is 0.460. The van der Waals surface area contributed by atoms with Crippen LogP contribution < -0.4 is 0 Å². The second-order valence-corrected chi connectivity index (χ2v) is 4.31. The van der Waals surface area contributed by atoms with Crippen LogP contribution in [0.1, 0.15) is 5.56 Å². The van der Waals surface area contributed by atoms with Crippen molar-refractivity contribution in [2.45, 2.75) is 0 Å². The number of hydrogen-bond acceptors (Lipinski definition) is 0. The topological polar surface area (TPSA) is 0 Å². The van der Waals surface area contributed by atoms with Gasteiger partial charge >= 0.3 is 0 Å². The van der Waals surface area contributed by atoms with E-state index in [1.54, 1.807) is 0 Å². The second-order valence-electron chi connectivity index (χ2n) is 4.31. The maximum atomic E-state index is 2.23. The molecular weight excluding hydrogens is 204 g/mol. The van der Waals surface area contributed by atoms with Gasteiger partial charge in [0.2, 0.25) is 0 Å². The van der Waals surface area contributed by atoms with E-state index in [0.29, 0.717) is 5.92 Å². The van der Waals surface area contributed by atoms with Crippen molar-refractivity contribution in [3.63, 3.8) is 0 Å². The first-order chi connectivity index (χ1) is 8.42. The minimum atomic E-state index is 0.460. The zero-order chi connectivity index (χ0) is 11.5. The Morgan fingerprint density at radius 1 is 0.824 bits per heavy atom. The van der Waals surface area contributed by atoms with Gasteiger partial charge in [-0.1, -0.05) is 72.9 Å². The molecule has 0 heterocycles. The molecule has 0 fully saturated rings. The van der Waals surface area contributed by atoms with Crippen molar-refractivity contribution >= 4 is 16.8 Å². The third kappa shape index (κ3) is 2.21. The van der Waals surface area contributed by atoms with Gasteiger partial charge in [-0.2, -0.15) is 0 Å². The maximum absolute atomic E-state index is 2.23. The van der Waals surface area contributed by atoms with Gasteiger partial charge in [0.15, 0.2) is 0 Å². The Hall–Kier alpha value is -2.08. The highest BCUT2D eigenvalue weighted by Crippen LogP contribution is 2.18.